The van der Waals surface area contributed by atoms with Crippen molar-refractivity contribution in [2.75, 3.05) is 7.11 Å². The van der Waals surface area contributed by atoms with E-state index in [-0.39, 0.29) is 6.61 Å². The Morgan fingerprint density at radius 2 is 1.80 bits per heavy atom. The molecule has 0 radical (unpaired) electrons. The second kappa shape index (κ2) is 5.19. The van der Waals surface area contributed by atoms with Gasteiger partial charge in [-0.3, -0.25) is 0 Å². The Bertz CT molecular complexity index is 286. The van der Waals surface area contributed by atoms with Gasteiger partial charge in [0, 0.05) is 25.1 Å². The molecule has 84 valence electrons. The van der Waals surface area contributed by atoms with Crippen molar-refractivity contribution < 1.29 is 9.84 Å². The molecule has 1 aromatic rings. The van der Waals surface area contributed by atoms with Crippen LogP contribution >= 0.6 is 0 Å². The standard InChI is InChI=1S/C11H18N2O2/c1-4-11(5-2,15-3)10-12-6-9(8-14)7-13-10/h6-7,14H,4-5,8H2,1-3H3. The molecule has 0 unspecified atom stereocenters. The molecule has 0 aliphatic rings. The molecule has 0 fully saturated rings. The van der Waals surface area contributed by atoms with E-state index in [1.54, 1.807) is 19.5 Å². The van der Waals surface area contributed by atoms with Gasteiger partial charge in [0.1, 0.15) is 5.60 Å². The van der Waals surface area contributed by atoms with Crippen LogP contribution in [-0.2, 0) is 16.9 Å². The third kappa shape index (κ3) is 2.33. The molecule has 1 heterocycles. The molecule has 0 saturated heterocycles. The summed E-state index contributed by atoms with van der Waals surface area (Å²) in [6.45, 7) is 4.07. The first-order valence-electron chi connectivity index (χ1n) is 5.19. The van der Waals surface area contributed by atoms with Crippen LogP contribution in [-0.4, -0.2) is 22.2 Å². The predicted octanol–water partition coefficient (Wildman–Crippen LogP) is 1.63. The van der Waals surface area contributed by atoms with Gasteiger partial charge < -0.3 is 9.84 Å². The number of hydrogen-bond donors (Lipinski definition) is 1. The van der Waals surface area contributed by atoms with E-state index in [2.05, 4.69) is 23.8 Å². The van der Waals surface area contributed by atoms with Gasteiger partial charge in [-0.2, -0.15) is 0 Å². The number of aromatic nitrogens is 2. The maximum atomic E-state index is 8.89. The number of rotatable bonds is 5. The topological polar surface area (TPSA) is 55.2 Å². The predicted molar refractivity (Wildman–Crippen MR) is 57.2 cm³/mol. The quantitative estimate of drug-likeness (QED) is 0.802. The number of ether oxygens (including phenoxy) is 1. The van der Waals surface area contributed by atoms with E-state index < -0.39 is 5.60 Å². The fourth-order valence-electron chi connectivity index (χ4n) is 1.62. The summed E-state index contributed by atoms with van der Waals surface area (Å²) < 4.78 is 5.51. The highest BCUT2D eigenvalue weighted by Gasteiger charge is 2.30. The zero-order valence-corrected chi connectivity index (χ0v) is 9.53. The SMILES string of the molecule is CCC(CC)(OC)c1ncc(CO)cn1. The van der Waals surface area contributed by atoms with E-state index in [1.165, 1.54) is 0 Å². The van der Waals surface area contributed by atoms with Gasteiger partial charge in [0.25, 0.3) is 0 Å². The van der Waals surface area contributed by atoms with Gasteiger partial charge in [-0.1, -0.05) is 13.8 Å². The molecule has 1 N–H and O–H groups in total. The summed E-state index contributed by atoms with van der Waals surface area (Å²) in [6.07, 6.45) is 4.94. The Hall–Kier alpha value is -1.00. The van der Waals surface area contributed by atoms with Gasteiger partial charge in [0.15, 0.2) is 5.82 Å². The largest absolute Gasteiger partial charge is 0.392 e. The lowest BCUT2D eigenvalue weighted by Gasteiger charge is -2.28. The molecule has 1 rings (SSSR count). The summed E-state index contributed by atoms with van der Waals surface area (Å²) >= 11 is 0. The van der Waals surface area contributed by atoms with Crippen LogP contribution < -0.4 is 0 Å². The van der Waals surface area contributed by atoms with Crippen LogP contribution in [0.2, 0.25) is 0 Å². The summed E-state index contributed by atoms with van der Waals surface area (Å²) in [5.41, 5.74) is 0.324. The van der Waals surface area contributed by atoms with Crippen molar-refractivity contribution in [3.05, 3.63) is 23.8 Å². The number of aliphatic hydroxyl groups excluding tert-OH is 1. The molecule has 0 aliphatic carbocycles. The van der Waals surface area contributed by atoms with Crippen molar-refractivity contribution in [2.45, 2.75) is 38.9 Å². The highest BCUT2D eigenvalue weighted by atomic mass is 16.5. The lowest BCUT2D eigenvalue weighted by Crippen LogP contribution is -2.29. The summed E-state index contributed by atoms with van der Waals surface area (Å²) in [6, 6.07) is 0. The maximum Gasteiger partial charge on any atom is 0.160 e. The van der Waals surface area contributed by atoms with Gasteiger partial charge in [-0.15, -0.1) is 0 Å². The average Bonchev–Trinajstić information content (AvgIpc) is 2.33. The van der Waals surface area contributed by atoms with Gasteiger partial charge in [0.05, 0.1) is 6.61 Å². The average molecular weight is 210 g/mol. The minimum absolute atomic E-state index is 0.0293. The summed E-state index contributed by atoms with van der Waals surface area (Å²) in [7, 11) is 1.68. The zero-order valence-electron chi connectivity index (χ0n) is 9.53. The molecule has 4 heteroatoms. The van der Waals surface area contributed by atoms with Crippen molar-refractivity contribution in [1.29, 1.82) is 0 Å². The van der Waals surface area contributed by atoms with Gasteiger partial charge in [0.2, 0.25) is 0 Å². The van der Waals surface area contributed by atoms with Crippen LogP contribution in [0.1, 0.15) is 38.1 Å². The molecule has 0 atom stereocenters. The molecule has 0 saturated carbocycles. The third-order valence-electron chi connectivity index (χ3n) is 2.83. The van der Waals surface area contributed by atoms with Crippen LogP contribution in [0.15, 0.2) is 12.4 Å². The second-order valence-corrected chi connectivity index (χ2v) is 3.48. The Morgan fingerprint density at radius 3 is 2.13 bits per heavy atom. The van der Waals surface area contributed by atoms with Crippen LogP contribution in [0, 0.1) is 0 Å². The minimum atomic E-state index is -0.395. The zero-order chi connectivity index (χ0) is 11.3. The lowest BCUT2D eigenvalue weighted by molar-refractivity contribution is -0.0292. The van der Waals surface area contributed by atoms with E-state index in [4.69, 9.17) is 9.84 Å². The number of aliphatic hydroxyl groups is 1. The van der Waals surface area contributed by atoms with Crippen molar-refractivity contribution in [3.63, 3.8) is 0 Å². The minimum Gasteiger partial charge on any atom is -0.392 e. The van der Waals surface area contributed by atoms with E-state index in [9.17, 15) is 0 Å². The lowest BCUT2D eigenvalue weighted by atomic mass is 9.96. The fourth-order valence-corrected chi connectivity index (χ4v) is 1.62. The molecule has 0 bridgehead atoms. The van der Waals surface area contributed by atoms with Crippen LogP contribution in [0.25, 0.3) is 0 Å². The summed E-state index contributed by atoms with van der Waals surface area (Å²) in [5, 5.41) is 8.89. The van der Waals surface area contributed by atoms with E-state index in [1.807, 2.05) is 0 Å². The normalized spacial score (nSPS) is 11.7. The summed E-state index contributed by atoms with van der Waals surface area (Å²) in [5.74, 6) is 0.687. The van der Waals surface area contributed by atoms with Crippen molar-refractivity contribution in [2.24, 2.45) is 0 Å². The Balaban J connectivity index is 3.01. The molecule has 0 aliphatic heterocycles. The highest BCUT2D eigenvalue weighted by Crippen LogP contribution is 2.29. The highest BCUT2D eigenvalue weighted by molar-refractivity contribution is 5.08. The first-order valence-corrected chi connectivity index (χ1v) is 5.19. The van der Waals surface area contributed by atoms with E-state index in [0.717, 1.165) is 18.4 Å². The maximum absolute atomic E-state index is 8.89. The summed E-state index contributed by atoms with van der Waals surface area (Å²) in [4.78, 5) is 8.48. The number of nitrogens with zero attached hydrogens (tertiary/aromatic N) is 2. The first kappa shape index (κ1) is 12.1. The van der Waals surface area contributed by atoms with Crippen molar-refractivity contribution in [1.82, 2.24) is 9.97 Å². The number of methoxy groups -OCH3 is 1. The molecular weight excluding hydrogens is 192 g/mol. The van der Waals surface area contributed by atoms with Crippen LogP contribution in [0.3, 0.4) is 0 Å². The Labute approximate surface area is 90.3 Å². The molecule has 1 aromatic heterocycles. The second-order valence-electron chi connectivity index (χ2n) is 3.48. The third-order valence-corrected chi connectivity index (χ3v) is 2.83. The van der Waals surface area contributed by atoms with Crippen molar-refractivity contribution in [3.8, 4) is 0 Å². The monoisotopic (exact) mass is 210 g/mol. The van der Waals surface area contributed by atoms with Crippen molar-refractivity contribution >= 4 is 0 Å². The Morgan fingerprint density at radius 1 is 1.27 bits per heavy atom. The fraction of sp³-hybridized carbons (Fsp3) is 0.636. The Kier molecular flexibility index (Phi) is 4.17. The molecule has 4 nitrogen and oxygen atoms in total. The molecular formula is C11H18N2O2. The van der Waals surface area contributed by atoms with Gasteiger partial charge >= 0.3 is 0 Å². The molecule has 0 spiro atoms. The van der Waals surface area contributed by atoms with E-state index >= 15 is 0 Å². The van der Waals surface area contributed by atoms with E-state index in [0.29, 0.717) is 5.82 Å². The first-order chi connectivity index (χ1) is 7.22. The number of hydrogen-bond acceptors (Lipinski definition) is 4. The van der Waals surface area contributed by atoms with Crippen LogP contribution in [0.5, 0.6) is 0 Å². The molecule has 0 aromatic carbocycles. The molecule has 15 heavy (non-hydrogen) atoms. The smallest absolute Gasteiger partial charge is 0.160 e. The molecule has 0 amide bonds. The van der Waals surface area contributed by atoms with Gasteiger partial charge in [-0.25, -0.2) is 9.97 Å². The van der Waals surface area contributed by atoms with Gasteiger partial charge in [-0.05, 0) is 12.8 Å². The van der Waals surface area contributed by atoms with Crippen LogP contribution in [0.4, 0.5) is 0 Å².